The molecule has 17 heavy (non-hydrogen) atoms. The van der Waals surface area contributed by atoms with E-state index < -0.39 is 5.97 Å². The molecule has 0 atom stereocenters. The van der Waals surface area contributed by atoms with Crippen molar-refractivity contribution in [2.45, 2.75) is 6.92 Å². The zero-order valence-electron chi connectivity index (χ0n) is 9.23. The molecule has 1 aromatic heterocycles. The molecule has 4 heteroatoms. The first-order chi connectivity index (χ1) is 8.09. The van der Waals surface area contributed by atoms with Crippen LogP contribution < -0.4 is 0 Å². The molecule has 0 aliphatic carbocycles. The Morgan fingerprint density at radius 2 is 1.94 bits per heavy atom. The highest BCUT2D eigenvalue weighted by molar-refractivity contribution is 6.10. The quantitative estimate of drug-likeness (QED) is 0.793. The Hall–Kier alpha value is -2.36. The van der Waals surface area contributed by atoms with Crippen LogP contribution in [0.1, 0.15) is 32.0 Å². The predicted octanol–water partition coefficient (Wildman–Crippen LogP) is 2.25. The molecular formula is C13H11NO3. The van der Waals surface area contributed by atoms with Crippen molar-refractivity contribution in [2.75, 3.05) is 0 Å². The third-order valence-electron chi connectivity index (χ3n) is 2.57. The number of rotatable bonds is 3. The number of aryl methyl sites for hydroxylation is 1. The summed E-state index contributed by atoms with van der Waals surface area (Å²) in [5.41, 5.74) is 1.83. The standard InChI is InChI=1S/C13H11NO3/c1-8-4-2-3-5-10(8)12(15)9-6-11(13(16)17)14-7-9/h2-7,14H,1H3,(H,16,17). The number of H-pyrrole nitrogens is 1. The van der Waals surface area contributed by atoms with E-state index in [2.05, 4.69) is 4.98 Å². The van der Waals surface area contributed by atoms with Crippen molar-refractivity contribution in [1.29, 1.82) is 0 Å². The summed E-state index contributed by atoms with van der Waals surface area (Å²) in [4.78, 5) is 25.3. The normalized spacial score (nSPS) is 10.2. The Kier molecular flexibility index (Phi) is 2.78. The van der Waals surface area contributed by atoms with Gasteiger partial charge in [0.25, 0.3) is 0 Å². The molecule has 0 saturated carbocycles. The molecule has 2 rings (SSSR count). The fourth-order valence-corrected chi connectivity index (χ4v) is 1.63. The molecule has 0 saturated heterocycles. The Morgan fingerprint density at radius 1 is 1.24 bits per heavy atom. The van der Waals surface area contributed by atoms with Gasteiger partial charge in [0.05, 0.1) is 0 Å². The highest BCUT2D eigenvalue weighted by atomic mass is 16.4. The topological polar surface area (TPSA) is 70.2 Å². The van der Waals surface area contributed by atoms with Crippen LogP contribution in [-0.4, -0.2) is 21.8 Å². The number of carbonyl (C=O) groups is 2. The van der Waals surface area contributed by atoms with Gasteiger partial charge in [0.2, 0.25) is 0 Å². The van der Waals surface area contributed by atoms with E-state index in [1.807, 2.05) is 19.1 Å². The largest absolute Gasteiger partial charge is 0.477 e. The van der Waals surface area contributed by atoms with Gasteiger partial charge in [-0.2, -0.15) is 0 Å². The Labute approximate surface area is 97.9 Å². The van der Waals surface area contributed by atoms with Crippen molar-refractivity contribution in [2.24, 2.45) is 0 Å². The first kappa shape index (κ1) is 11.1. The second kappa shape index (κ2) is 4.25. The molecular weight excluding hydrogens is 218 g/mol. The molecule has 0 unspecified atom stereocenters. The maximum absolute atomic E-state index is 12.1. The summed E-state index contributed by atoms with van der Waals surface area (Å²) < 4.78 is 0. The third-order valence-corrected chi connectivity index (χ3v) is 2.57. The Morgan fingerprint density at radius 3 is 2.53 bits per heavy atom. The summed E-state index contributed by atoms with van der Waals surface area (Å²) in [7, 11) is 0. The van der Waals surface area contributed by atoms with E-state index in [9.17, 15) is 9.59 Å². The number of carboxylic acid groups (broad SMARTS) is 1. The second-order valence-corrected chi connectivity index (χ2v) is 3.75. The van der Waals surface area contributed by atoms with Gasteiger partial charge in [-0.15, -0.1) is 0 Å². The summed E-state index contributed by atoms with van der Waals surface area (Å²) >= 11 is 0. The first-order valence-corrected chi connectivity index (χ1v) is 5.11. The van der Waals surface area contributed by atoms with Crippen LogP contribution in [0.2, 0.25) is 0 Å². The molecule has 0 spiro atoms. The zero-order valence-corrected chi connectivity index (χ0v) is 9.23. The van der Waals surface area contributed by atoms with Crippen LogP contribution in [-0.2, 0) is 0 Å². The van der Waals surface area contributed by atoms with Crippen molar-refractivity contribution in [3.63, 3.8) is 0 Å². The SMILES string of the molecule is Cc1ccccc1C(=O)c1c[nH]c(C(=O)O)c1. The van der Waals surface area contributed by atoms with Gasteiger partial charge in [-0.1, -0.05) is 24.3 Å². The number of hydrogen-bond acceptors (Lipinski definition) is 2. The van der Waals surface area contributed by atoms with Crippen LogP contribution in [0.3, 0.4) is 0 Å². The number of carboxylic acids is 1. The molecule has 0 bridgehead atoms. The Bertz CT molecular complexity index is 584. The fraction of sp³-hybridized carbons (Fsp3) is 0.0769. The fourth-order valence-electron chi connectivity index (χ4n) is 1.63. The summed E-state index contributed by atoms with van der Waals surface area (Å²) in [6.07, 6.45) is 1.41. The molecule has 0 aliphatic heterocycles. The van der Waals surface area contributed by atoms with Crippen molar-refractivity contribution in [1.82, 2.24) is 4.98 Å². The van der Waals surface area contributed by atoms with Gasteiger partial charge in [0, 0.05) is 17.3 Å². The van der Waals surface area contributed by atoms with E-state index in [4.69, 9.17) is 5.11 Å². The van der Waals surface area contributed by atoms with Crippen LogP contribution in [0.25, 0.3) is 0 Å². The van der Waals surface area contributed by atoms with Crippen LogP contribution >= 0.6 is 0 Å². The van der Waals surface area contributed by atoms with E-state index in [0.29, 0.717) is 11.1 Å². The smallest absolute Gasteiger partial charge is 0.352 e. The van der Waals surface area contributed by atoms with Gasteiger partial charge in [-0.3, -0.25) is 4.79 Å². The lowest BCUT2D eigenvalue weighted by Crippen LogP contribution is -2.02. The van der Waals surface area contributed by atoms with Crippen LogP contribution in [0, 0.1) is 6.92 Å². The van der Waals surface area contributed by atoms with E-state index >= 15 is 0 Å². The highest BCUT2D eigenvalue weighted by Gasteiger charge is 2.14. The molecule has 1 heterocycles. The number of nitrogens with one attached hydrogen (secondary N) is 1. The molecule has 0 aliphatic rings. The van der Waals surface area contributed by atoms with Crippen LogP contribution in [0.5, 0.6) is 0 Å². The molecule has 1 aromatic carbocycles. The molecule has 2 N–H and O–H groups in total. The van der Waals surface area contributed by atoms with E-state index in [1.54, 1.807) is 12.1 Å². The number of ketones is 1. The van der Waals surface area contributed by atoms with E-state index in [0.717, 1.165) is 5.56 Å². The second-order valence-electron chi connectivity index (χ2n) is 3.75. The number of carbonyl (C=O) groups excluding carboxylic acids is 1. The maximum atomic E-state index is 12.1. The lowest BCUT2D eigenvalue weighted by Gasteiger charge is -2.01. The number of benzene rings is 1. The van der Waals surface area contributed by atoms with E-state index in [-0.39, 0.29) is 11.5 Å². The van der Waals surface area contributed by atoms with Crippen LogP contribution in [0.4, 0.5) is 0 Å². The van der Waals surface area contributed by atoms with Gasteiger partial charge in [-0.05, 0) is 18.6 Å². The van der Waals surface area contributed by atoms with Crippen molar-refractivity contribution < 1.29 is 14.7 Å². The number of hydrogen-bond donors (Lipinski definition) is 2. The third kappa shape index (κ3) is 2.10. The molecule has 2 aromatic rings. The predicted molar refractivity (Wildman–Crippen MR) is 62.4 cm³/mol. The van der Waals surface area contributed by atoms with E-state index in [1.165, 1.54) is 12.3 Å². The molecule has 4 nitrogen and oxygen atoms in total. The minimum absolute atomic E-state index is 0.0157. The molecule has 0 amide bonds. The Balaban J connectivity index is 2.37. The van der Waals surface area contributed by atoms with Crippen molar-refractivity contribution in [3.8, 4) is 0 Å². The van der Waals surface area contributed by atoms with Gasteiger partial charge in [0.1, 0.15) is 5.69 Å². The minimum Gasteiger partial charge on any atom is -0.477 e. The minimum atomic E-state index is -1.08. The number of aromatic amines is 1. The summed E-state index contributed by atoms with van der Waals surface area (Å²) in [6.45, 7) is 1.85. The molecule has 86 valence electrons. The van der Waals surface area contributed by atoms with Gasteiger partial charge >= 0.3 is 5.97 Å². The number of aromatic nitrogens is 1. The summed E-state index contributed by atoms with van der Waals surface area (Å²) in [5.74, 6) is -1.25. The molecule has 0 radical (unpaired) electrons. The average Bonchev–Trinajstić information content (AvgIpc) is 2.78. The summed E-state index contributed by atoms with van der Waals surface area (Å²) in [6, 6.07) is 8.55. The maximum Gasteiger partial charge on any atom is 0.352 e. The average molecular weight is 229 g/mol. The van der Waals surface area contributed by atoms with Gasteiger partial charge in [0.15, 0.2) is 5.78 Å². The highest BCUT2D eigenvalue weighted by Crippen LogP contribution is 2.14. The van der Waals surface area contributed by atoms with Crippen LogP contribution in [0.15, 0.2) is 36.5 Å². The lowest BCUT2D eigenvalue weighted by atomic mass is 10.0. The zero-order chi connectivity index (χ0) is 12.4. The number of aromatic carboxylic acids is 1. The van der Waals surface area contributed by atoms with Crippen molar-refractivity contribution in [3.05, 3.63) is 58.9 Å². The lowest BCUT2D eigenvalue weighted by molar-refractivity contribution is 0.0691. The molecule has 0 fully saturated rings. The monoisotopic (exact) mass is 229 g/mol. The summed E-state index contributed by atoms with van der Waals surface area (Å²) in [5, 5.41) is 8.76. The van der Waals surface area contributed by atoms with Crippen molar-refractivity contribution >= 4 is 11.8 Å². The first-order valence-electron chi connectivity index (χ1n) is 5.11. The van der Waals surface area contributed by atoms with Gasteiger partial charge < -0.3 is 10.1 Å². The van der Waals surface area contributed by atoms with Gasteiger partial charge in [-0.25, -0.2) is 4.79 Å².